The maximum absolute atomic E-state index is 12.7. The van der Waals surface area contributed by atoms with Crippen molar-refractivity contribution in [2.45, 2.75) is 259 Å². The minimum absolute atomic E-state index is 0.00159. The Kier molecular flexibility index (Phi) is 41.1. The van der Waals surface area contributed by atoms with Gasteiger partial charge in [-0.2, -0.15) is 0 Å². The first kappa shape index (κ1) is 54.9. The second-order valence-electron chi connectivity index (χ2n) is 18.3. The van der Waals surface area contributed by atoms with Gasteiger partial charge in [-0.3, -0.25) is 9.59 Å². The van der Waals surface area contributed by atoms with Crippen LogP contribution in [0.3, 0.4) is 0 Å². The van der Waals surface area contributed by atoms with Crippen LogP contribution in [0.15, 0.2) is 0 Å². The van der Waals surface area contributed by atoms with Gasteiger partial charge >= 0.3 is 11.9 Å². The van der Waals surface area contributed by atoms with Crippen LogP contribution in [0.1, 0.15) is 259 Å². The highest BCUT2D eigenvalue weighted by Crippen LogP contribution is 2.28. The number of carbonyl (C=O) groups is 2. The molecule has 0 rings (SSSR count). The normalized spacial score (nSPS) is 11.9. The van der Waals surface area contributed by atoms with Gasteiger partial charge in [-0.15, -0.1) is 0 Å². The smallest absolute Gasteiger partial charge is 0.305 e. The first-order valence-corrected chi connectivity index (χ1v) is 24.9. The average molecular weight is 794 g/mol. The van der Waals surface area contributed by atoms with E-state index >= 15 is 0 Å². The van der Waals surface area contributed by atoms with Gasteiger partial charge in [0.1, 0.15) is 0 Å². The van der Waals surface area contributed by atoms with E-state index in [1.165, 1.54) is 141 Å². The molecule has 0 aliphatic heterocycles. The number of aliphatic hydroxyl groups is 1. The second kappa shape index (κ2) is 42.0. The van der Waals surface area contributed by atoms with Crippen LogP contribution < -0.4 is 0 Å². The van der Waals surface area contributed by atoms with Crippen molar-refractivity contribution in [3.63, 3.8) is 0 Å². The standard InChI is InChI=1S/C50H99NO5/c1-6-9-12-15-18-21-24-29-37-48(53)55-45-33-40-50(4,5)39-32-42-51(43-34-44-52)41-31-26-25-30-38-49(54)56-46-47(35-27-22-19-16-13-10-7-2)36-28-23-20-17-14-11-8-3/h47,52H,6-46H2,1-5H3. The molecule has 56 heavy (non-hydrogen) atoms. The molecule has 0 spiro atoms. The number of esters is 2. The van der Waals surface area contributed by atoms with E-state index in [0.29, 0.717) is 32.0 Å². The van der Waals surface area contributed by atoms with E-state index in [1.54, 1.807) is 0 Å². The molecular weight excluding hydrogens is 695 g/mol. The van der Waals surface area contributed by atoms with Crippen LogP contribution in [0, 0.1) is 11.3 Å². The van der Waals surface area contributed by atoms with Gasteiger partial charge in [0, 0.05) is 26.0 Å². The third kappa shape index (κ3) is 39.7. The van der Waals surface area contributed by atoms with Gasteiger partial charge < -0.3 is 19.5 Å². The fraction of sp³-hybridized carbons (Fsp3) is 0.960. The van der Waals surface area contributed by atoms with Gasteiger partial charge in [-0.1, -0.05) is 182 Å². The van der Waals surface area contributed by atoms with Crippen LogP contribution in [0.2, 0.25) is 0 Å². The molecule has 0 fully saturated rings. The van der Waals surface area contributed by atoms with E-state index in [0.717, 1.165) is 90.3 Å². The summed E-state index contributed by atoms with van der Waals surface area (Å²) >= 11 is 0. The molecule has 0 saturated heterocycles. The molecule has 0 bridgehead atoms. The summed E-state index contributed by atoms with van der Waals surface area (Å²) < 4.78 is 11.4. The lowest BCUT2D eigenvalue weighted by molar-refractivity contribution is -0.145. The number of unbranched alkanes of at least 4 members (excludes halogenated alkanes) is 22. The van der Waals surface area contributed by atoms with E-state index < -0.39 is 0 Å². The van der Waals surface area contributed by atoms with E-state index in [-0.39, 0.29) is 24.0 Å². The third-order valence-corrected chi connectivity index (χ3v) is 12.0. The predicted molar refractivity (Wildman–Crippen MR) is 241 cm³/mol. The molecule has 0 aliphatic carbocycles. The van der Waals surface area contributed by atoms with Gasteiger partial charge in [0.05, 0.1) is 13.2 Å². The molecule has 0 unspecified atom stereocenters. The van der Waals surface area contributed by atoms with Crippen LogP contribution in [-0.4, -0.2) is 61.4 Å². The number of aliphatic hydroxyl groups excluding tert-OH is 1. The van der Waals surface area contributed by atoms with Gasteiger partial charge in [0.2, 0.25) is 0 Å². The van der Waals surface area contributed by atoms with Crippen LogP contribution in [0.25, 0.3) is 0 Å². The highest BCUT2D eigenvalue weighted by Gasteiger charge is 2.18. The molecule has 0 aromatic rings. The van der Waals surface area contributed by atoms with Crippen molar-refractivity contribution in [1.29, 1.82) is 0 Å². The Balaban J connectivity index is 4.24. The first-order valence-electron chi connectivity index (χ1n) is 24.9. The molecule has 0 aromatic carbocycles. The minimum atomic E-state index is -0.0277. The Hall–Kier alpha value is -1.14. The number of hydrogen-bond acceptors (Lipinski definition) is 6. The van der Waals surface area contributed by atoms with Crippen LogP contribution in [-0.2, 0) is 19.1 Å². The molecule has 0 radical (unpaired) electrons. The molecule has 0 saturated carbocycles. The average Bonchev–Trinajstić information content (AvgIpc) is 3.18. The Labute approximate surface area is 350 Å². The number of hydrogen-bond donors (Lipinski definition) is 1. The molecule has 0 aromatic heterocycles. The summed E-state index contributed by atoms with van der Waals surface area (Å²) in [6.45, 7) is 15.9. The zero-order valence-electron chi connectivity index (χ0n) is 38.6. The summed E-state index contributed by atoms with van der Waals surface area (Å²) in [6, 6.07) is 0. The molecule has 6 heteroatoms. The second-order valence-corrected chi connectivity index (χ2v) is 18.3. The maximum Gasteiger partial charge on any atom is 0.305 e. The Morgan fingerprint density at radius 3 is 1.38 bits per heavy atom. The van der Waals surface area contributed by atoms with Crippen LogP contribution in [0.4, 0.5) is 0 Å². The third-order valence-electron chi connectivity index (χ3n) is 12.0. The lowest BCUT2D eigenvalue weighted by Gasteiger charge is -2.27. The lowest BCUT2D eigenvalue weighted by atomic mass is 9.83. The van der Waals surface area contributed by atoms with Crippen molar-refractivity contribution in [3.05, 3.63) is 0 Å². The van der Waals surface area contributed by atoms with Crippen molar-refractivity contribution in [2.24, 2.45) is 11.3 Å². The highest BCUT2D eigenvalue weighted by molar-refractivity contribution is 5.69. The molecule has 0 atom stereocenters. The van der Waals surface area contributed by atoms with Crippen molar-refractivity contribution in [2.75, 3.05) is 39.5 Å². The van der Waals surface area contributed by atoms with Crippen molar-refractivity contribution in [1.82, 2.24) is 4.90 Å². The SMILES string of the molecule is CCCCCCCCCCC(=O)OCCCC(C)(C)CCCN(CCCO)CCCCCCC(=O)OCC(CCCCCCCCC)CCCCCCCCC. The molecule has 0 amide bonds. The summed E-state index contributed by atoms with van der Waals surface area (Å²) in [6.07, 6.45) is 41.5. The minimum Gasteiger partial charge on any atom is -0.466 e. The molecule has 334 valence electrons. The number of ether oxygens (including phenoxy) is 2. The zero-order chi connectivity index (χ0) is 41.2. The van der Waals surface area contributed by atoms with E-state index in [9.17, 15) is 14.7 Å². The quantitative estimate of drug-likeness (QED) is 0.0489. The number of nitrogens with zero attached hydrogens (tertiary/aromatic N) is 1. The monoisotopic (exact) mass is 794 g/mol. The largest absolute Gasteiger partial charge is 0.466 e. The number of carbonyl (C=O) groups excluding carboxylic acids is 2. The van der Waals surface area contributed by atoms with Gasteiger partial charge in [0.25, 0.3) is 0 Å². The summed E-state index contributed by atoms with van der Waals surface area (Å²) in [7, 11) is 0. The van der Waals surface area contributed by atoms with Crippen molar-refractivity contribution < 1.29 is 24.2 Å². The topological polar surface area (TPSA) is 76.1 Å². The highest BCUT2D eigenvalue weighted by atomic mass is 16.5. The van der Waals surface area contributed by atoms with Crippen LogP contribution in [0.5, 0.6) is 0 Å². The predicted octanol–water partition coefficient (Wildman–Crippen LogP) is 14.7. The Bertz CT molecular complexity index is 814. The zero-order valence-corrected chi connectivity index (χ0v) is 38.6. The van der Waals surface area contributed by atoms with E-state index in [4.69, 9.17) is 9.47 Å². The van der Waals surface area contributed by atoms with Gasteiger partial charge in [-0.25, -0.2) is 0 Å². The molecule has 0 aliphatic rings. The van der Waals surface area contributed by atoms with E-state index in [1.807, 2.05) is 0 Å². The Morgan fingerprint density at radius 2 is 0.875 bits per heavy atom. The van der Waals surface area contributed by atoms with Crippen molar-refractivity contribution >= 4 is 11.9 Å². The first-order chi connectivity index (χ1) is 27.3. The van der Waals surface area contributed by atoms with Crippen molar-refractivity contribution in [3.8, 4) is 0 Å². The van der Waals surface area contributed by atoms with Gasteiger partial charge in [0.15, 0.2) is 0 Å². The molecule has 6 nitrogen and oxygen atoms in total. The summed E-state index contributed by atoms with van der Waals surface area (Å²) in [5.74, 6) is 0.498. The molecule has 0 heterocycles. The summed E-state index contributed by atoms with van der Waals surface area (Å²) in [5.41, 5.74) is 0.225. The van der Waals surface area contributed by atoms with Gasteiger partial charge in [-0.05, 0) is 88.6 Å². The molecular formula is C50H99NO5. The van der Waals surface area contributed by atoms with E-state index in [2.05, 4.69) is 39.5 Å². The summed E-state index contributed by atoms with van der Waals surface area (Å²) in [4.78, 5) is 27.4. The Morgan fingerprint density at radius 1 is 0.482 bits per heavy atom. The maximum atomic E-state index is 12.7. The van der Waals surface area contributed by atoms with Crippen LogP contribution >= 0.6 is 0 Å². The summed E-state index contributed by atoms with van der Waals surface area (Å²) in [5, 5.41) is 9.48. The molecule has 1 N–H and O–H groups in total. The lowest BCUT2D eigenvalue weighted by Crippen LogP contribution is -2.29. The fourth-order valence-corrected chi connectivity index (χ4v) is 8.08. The number of rotatable bonds is 45. The fourth-order valence-electron chi connectivity index (χ4n) is 8.08.